The quantitative estimate of drug-likeness (QED) is 0.563. The lowest BCUT2D eigenvalue weighted by Crippen LogP contribution is -1.87. The zero-order chi connectivity index (χ0) is 10.1. The summed E-state index contributed by atoms with van der Waals surface area (Å²) in [6.07, 6.45) is 0.807. The van der Waals surface area contributed by atoms with Crippen molar-refractivity contribution < 1.29 is 4.92 Å². The highest BCUT2D eigenvalue weighted by Gasteiger charge is 2.10. The monoisotopic (exact) mass is 208 g/mol. The number of aryl methyl sites for hydroxylation is 1. The van der Waals surface area contributed by atoms with Crippen LogP contribution in [0.2, 0.25) is 0 Å². The fourth-order valence-electron chi connectivity index (χ4n) is 1.35. The van der Waals surface area contributed by atoms with Crippen LogP contribution in [0.3, 0.4) is 0 Å². The van der Waals surface area contributed by atoms with Crippen LogP contribution in [-0.4, -0.2) is 9.30 Å². The highest BCUT2D eigenvalue weighted by Crippen LogP contribution is 2.26. The molecule has 2 rings (SSSR count). The van der Waals surface area contributed by atoms with Crippen molar-refractivity contribution in [3.8, 4) is 0 Å². The minimum atomic E-state index is -0.378. The van der Waals surface area contributed by atoms with Crippen LogP contribution in [-0.2, 0) is 6.42 Å². The van der Waals surface area contributed by atoms with Crippen molar-refractivity contribution in [2.75, 3.05) is 0 Å². The van der Waals surface area contributed by atoms with Gasteiger partial charge in [-0.05, 0) is 24.0 Å². The van der Waals surface area contributed by atoms with Gasteiger partial charge < -0.3 is 0 Å². The second-order valence-electron chi connectivity index (χ2n) is 2.92. The number of non-ortho nitro benzene ring substituents is 1. The zero-order valence-corrected chi connectivity index (χ0v) is 8.37. The van der Waals surface area contributed by atoms with Gasteiger partial charge in [-0.25, -0.2) is 0 Å². The summed E-state index contributed by atoms with van der Waals surface area (Å²) in [6.45, 7) is 1.99. The van der Waals surface area contributed by atoms with Gasteiger partial charge in [0.2, 0.25) is 0 Å². The van der Waals surface area contributed by atoms with E-state index in [-0.39, 0.29) is 10.6 Å². The van der Waals surface area contributed by atoms with Gasteiger partial charge in [-0.15, -0.1) is 0 Å². The molecule has 0 spiro atoms. The van der Waals surface area contributed by atoms with Crippen molar-refractivity contribution in [3.05, 3.63) is 34.0 Å². The van der Waals surface area contributed by atoms with E-state index in [0.717, 1.165) is 22.2 Å². The predicted octanol–water partition coefficient (Wildman–Crippen LogP) is 2.77. The first kappa shape index (κ1) is 9.08. The predicted molar refractivity (Wildman–Crippen MR) is 55.7 cm³/mol. The molecule has 0 aliphatic rings. The van der Waals surface area contributed by atoms with E-state index in [2.05, 4.69) is 4.37 Å². The van der Waals surface area contributed by atoms with Crippen LogP contribution in [0.5, 0.6) is 0 Å². The van der Waals surface area contributed by atoms with Crippen LogP contribution in [0.4, 0.5) is 5.69 Å². The Morgan fingerprint density at radius 3 is 3.00 bits per heavy atom. The fourth-order valence-corrected chi connectivity index (χ4v) is 2.19. The molecule has 1 aromatic heterocycles. The Labute approximate surface area is 84.5 Å². The molecule has 0 radical (unpaired) electrons. The first-order valence-corrected chi connectivity index (χ1v) is 5.02. The van der Waals surface area contributed by atoms with E-state index >= 15 is 0 Å². The van der Waals surface area contributed by atoms with Crippen molar-refractivity contribution in [1.82, 2.24) is 4.37 Å². The maximum atomic E-state index is 10.6. The third-order valence-corrected chi connectivity index (χ3v) is 2.94. The lowest BCUT2D eigenvalue weighted by atomic mass is 10.2. The van der Waals surface area contributed by atoms with Crippen LogP contribution < -0.4 is 0 Å². The normalized spacial score (nSPS) is 10.6. The molecular weight excluding hydrogens is 200 g/mol. The number of nitro groups is 1. The Bertz CT molecular complexity index is 493. The molecule has 0 aliphatic carbocycles. The number of benzene rings is 1. The van der Waals surface area contributed by atoms with E-state index in [1.54, 1.807) is 12.1 Å². The molecule has 0 atom stereocenters. The van der Waals surface area contributed by atoms with Gasteiger partial charge in [-0.1, -0.05) is 6.92 Å². The molecule has 4 nitrogen and oxygen atoms in total. The van der Waals surface area contributed by atoms with Gasteiger partial charge in [0.05, 0.1) is 15.3 Å². The molecule has 5 heteroatoms. The largest absolute Gasteiger partial charge is 0.270 e. The first-order valence-electron chi connectivity index (χ1n) is 4.25. The van der Waals surface area contributed by atoms with Crippen molar-refractivity contribution in [2.24, 2.45) is 0 Å². The van der Waals surface area contributed by atoms with E-state index < -0.39 is 0 Å². The van der Waals surface area contributed by atoms with Gasteiger partial charge in [0.1, 0.15) is 0 Å². The number of hydrogen-bond donors (Lipinski definition) is 0. The van der Waals surface area contributed by atoms with Crippen LogP contribution in [0.15, 0.2) is 18.2 Å². The van der Waals surface area contributed by atoms with E-state index in [4.69, 9.17) is 0 Å². The molecule has 0 amide bonds. The van der Waals surface area contributed by atoms with Gasteiger partial charge in [-0.2, -0.15) is 4.37 Å². The minimum Gasteiger partial charge on any atom is -0.258 e. The maximum Gasteiger partial charge on any atom is 0.270 e. The Hall–Kier alpha value is -1.49. The molecule has 0 bridgehead atoms. The summed E-state index contributed by atoms with van der Waals surface area (Å²) in [5.41, 5.74) is 1.07. The Morgan fingerprint density at radius 1 is 1.57 bits per heavy atom. The summed E-state index contributed by atoms with van der Waals surface area (Å²) in [7, 11) is 0. The minimum absolute atomic E-state index is 0.132. The van der Waals surface area contributed by atoms with Gasteiger partial charge >= 0.3 is 0 Å². The summed E-state index contributed by atoms with van der Waals surface area (Å²) in [4.78, 5) is 10.2. The Morgan fingerprint density at radius 2 is 2.36 bits per heavy atom. The number of rotatable bonds is 2. The lowest BCUT2D eigenvalue weighted by molar-refractivity contribution is -0.384. The average Bonchev–Trinajstić information content (AvgIpc) is 2.59. The molecule has 72 valence electrons. The Kier molecular flexibility index (Phi) is 2.17. The SMILES string of the molecule is CCc1nsc2ccc([N+](=O)[O-])cc12. The van der Waals surface area contributed by atoms with Crippen molar-refractivity contribution in [3.63, 3.8) is 0 Å². The molecule has 1 aromatic carbocycles. The molecule has 2 aromatic rings. The molecule has 0 fully saturated rings. The van der Waals surface area contributed by atoms with Crippen molar-refractivity contribution in [2.45, 2.75) is 13.3 Å². The number of nitro benzene ring substituents is 1. The molecule has 0 unspecified atom stereocenters. The summed E-state index contributed by atoms with van der Waals surface area (Å²) < 4.78 is 5.24. The summed E-state index contributed by atoms with van der Waals surface area (Å²) >= 11 is 1.39. The first-order chi connectivity index (χ1) is 6.72. The van der Waals surface area contributed by atoms with Gasteiger partial charge in [0.15, 0.2) is 0 Å². The van der Waals surface area contributed by atoms with E-state index in [1.165, 1.54) is 17.6 Å². The van der Waals surface area contributed by atoms with Crippen molar-refractivity contribution >= 4 is 27.3 Å². The lowest BCUT2D eigenvalue weighted by Gasteiger charge is -1.92. The second kappa shape index (κ2) is 3.34. The van der Waals surface area contributed by atoms with Crippen LogP contribution in [0.1, 0.15) is 12.6 Å². The molecule has 14 heavy (non-hydrogen) atoms. The second-order valence-corrected chi connectivity index (χ2v) is 3.73. The topological polar surface area (TPSA) is 56.0 Å². The van der Waals surface area contributed by atoms with Crippen molar-refractivity contribution in [1.29, 1.82) is 0 Å². The average molecular weight is 208 g/mol. The van der Waals surface area contributed by atoms with Crippen LogP contribution in [0, 0.1) is 10.1 Å². The zero-order valence-electron chi connectivity index (χ0n) is 7.56. The molecule has 0 N–H and O–H groups in total. The maximum absolute atomic E-state index is 10.6. The standard InChI is InChI=1S/C9H8N2O2S/c1-2-8-7-5-6(11(12)13)3-4-9(7)14-10-8/h3-5H,2H2,1H3. The smallest absolute Gasteiger partial charge is 0.258 e. The summed E-state index contributed by atoms with van der Waals surface area (Å²) in [5.74, 6) is 0. The number of aromatic nitrogens is 1. The third kappa shape index (κ3) is 1.35. The fraction of sp³-hybridized carbons (Fsp3) is 0.222. The third-order valence-electron chi connectivity index (χ3n) is 2.07. The number of nitrogens with zero attached hydrogens (tertiary/aromatic N) is 2. The van der Waals surface area contributed by atoms with Crippen LogP contribution >= 0.6 is 11.5 Å². The van der Waals surface area contributed by atoms with Gasteiger partial charge in [0, 0.05) is 17.5 Å². The van der Waals surface area contributed by atoms with Crippen LogP contribution in [0.25, 0.3) is 10.1 Å². The molecule has 0 saturated heterocycles. The van der Waals surface area contributed by atoms with Gasteiger partial charge in [0.25, 0.3) is 5.69 Å². The summed E-state index contributed by atoms with van der Waals surface area (Å²) in [5, 5.41) is 11.5. The van der Waals surface area contributed by atoms with Gasteiger partial charge in [-0.3, -0.25) is 10.1 Å². The highest BCUT2D eigenvalue weighted by molar-refractivity contribution is 7.13. The molecule has 0 aliphatic heterocycles. The molecule has 1 heterocycles. The highest BCUT2D eigenvalue weighted by atomic mass is 32.1. The number of hydrogen-bond acceptors (Lipinski definition) is 4. The number of fused-ring (bicyclic) bond motifs is 1. The van der Waals surface area contributed by atoms with E-state index in [1.807, 2.05) is 6.92 Å². The molecular formula is C9H8N2O2S. The molecule has 0 saturated carbocycles. The van der Waals surface area contributed by atoms with E-state index in [0.29, 0.717) is 0 Å². The Balaban J connectivity index is 2.67. The van der Waals surface area contributed by atoms with E-state index in [9.17, 15) is 10.1 Å². The summed E-state index contributed by atoms with van der Waals surface area (Å²) in [6, 6.07) is 4.86.